The first kappa shape index (κ1) is 19.7. The van der Waals surface area contributed by atoms with E-state index in [1.165, 1.54) is 0 Å². The van der Waals surface area contributed by atoms with E-state index in [2.05, 4.69) is 0 Å². The average Bonchev–Trinajstić information content (AvgIpc) is 2.59. The molecule has 2 atom stereocenters. The molecule has 2 aliphatic heterocycles. The molecule has 2 heterocycles. The number of Topliss-reactive ketones (excluding diaryl/α,β-unsaturated/α-hetero) is 1. The number of carbonyl (C=O) groups is 2. The smallest absolute Gasteiger partial charge is 0.410 e. The quantitative estimate of drug-likeness (QED) is 0.808. The van der Waals surface area contributed by atoms with Crippen molar-refractivity contribution in [2.45, 2.75) is 57.7 Å². The summed E-state index contributed by atoms with van der Waals surface area (Å²) in [5, 5.41) is 0. The third-order valence-corrected chi connectivity index (χ3v) is 5.09. The maximum Gasteiger partial charge on any atom is 0.410 e. The number of hydrogen-bond donors (Lipinski definition) is 0. The second-order valence-electron chi connectivity index (χ2n) is 8.40. The van der Waals surface area contributed by atoms with E-state index in [1.807, 2.05) is 45.0 Å². The highest BCUT2D eigenvalue weighted by Crippen LogP contribution is 2.34. The lowest BCUT2D eigenvalue weighted by Crippen LogP contribution is -2.60. The maximum atomic E-state index is 12.9. The summed E-state index contributed by atoms with van der Waals surface area (Å²) in [7, 11) is 1.62. The van der Waals surface area contributed by atoms with Gasteiger partial charge >= 0.3 is 6.09 Å². The number of ether oxygens (including phenoxy) is 3. The number of amides is 1. The van der Waals surface area contributed by atoms with Gasteiger partial charge in [0.2, 0.25) is 0 Å². The molecule has 0 saturated carbocycles. The standard InChI is InChI=1S/C21H29NO5/c1-21(2,3)27-20(24)22-16-10-15(11-17(22)13-26-12-16)19(23)9-14-6-5-7-18(8-14)25-4/h5-8,15-17H,9-13H2,1-4H3. The normalized spacial score (nSPS) is 25.0. The second-order valence-corrected chi connectivity index (χ2v) is 8.40. The van der Waals surface area contributed by atoms with Gasteiger partial charge in [-0.15, -0.1) is 0 Å². The largest absolute Gasteiger partial charge is 0.497 e. The van der Waals surface area contributed by atoms with Gasteiger partial charge in [-0.3, -0.25) is 9.69 Å². The molecular formula is C21H29NO5. The van der Waals surface area contributed by atoms with E-state index < -0.39 is 5.60 Å². The van der Waals surface area contributed by atoms with Gasteiger partial charge in [0.05, 0.1) is 32.4 Å². The molecule has 0 aliphatic carbocycles. The zero-order valence-corrected chi connectivity index (χ0v) is 16.6. The Labute approximate surface area is 160 Å². The van der Waals surface area contributed by atoms with E-state index in [0.29, 0.717) is 32.5 Å². The summed E-state index contributed by atoms with van der Waals surface area (Å²) in [5.41, 5.74) is 0.418. The van der Waals surface area contributed by atoms with Gasteiger partial charge in [0, 0.05) is 12.3 Å². The van der Waals surface area contributed by atoms with Gasteiger partial charge in [0.25, 0.3) is 0 Å². The van der Waals surface area contributed by atoms with Crippen molar-refractivity contribution < 1.29 is 23.8 Å². The van der Waals surface area contributed by atoms with Crippen molar-refractivity contribution in [3.63, 3.8) is 0 Å². The Morgan fingerprint density at radius 1 is 1.19 bits per heavy atom. The van der Waals surface area contributed by atoms with Gasteiger partial charge in [-0.05, 0) is 51.3 Å². The van der Waals surface area contributed by atoms with Crippen molar-refractivity contribution >= 4 is 11.9 Å². The van der Waals surface area contributed by atoms with Crippen LogP contribution in [0.15, 0.2) is 24.3 Å². The topological polar surface area (TPSA) is 65.1 Å². The molecule has 2 aliphatic rings. The van der Waals surface area contributed by atoms with Crippen molar-refractivity contribution in [1.29, 1.82) is 0 Å². The number of piperidine rings is 1. The first-order chi connectivity index (χ1) is 12.8. The van der Waals surface area contributed by atoms with Crippen LogP contribution in [-0.4, -0.2) is 54.8 Å². The Morgan fingerprint density at radius 3 is 2.44 bits per heavy atom. The van der Waals surface area contributed by atoms with E-state index in [4.69, 9.17) is 14.2 Å². The molecule has 2 saturated heterocycles. The third-order valence-electron chi connectivity index (χ3n) is 5.09. The number of benzene rings is 1. The van der Waals surface area contributed by atoms with E-state index >= 15 is 0 Å². The third kappa shape index (κ3) is 4.80. The highest BCUT2D eigenvalue weighted by Gasteiger charge is 2.44. The molecule has 27 heavy (non-hydrogen) atoms. The van der Waals surface area contributed by atoms with E-state index in [1.54, 1.807) is 12.0 Å². The Morgan fingerprint density at radius 2 is 1.85 bits per heavy atom. The highest BCUT2D eigenvalue weighted by atomic mass is 16.6. The molecule has 0 aromatic heterocycles. The number of fused-ring (bicyclic) bond motifs is 2. The molecule has 3 rings (SSSR count). The lowest BCUT2D eigenvalue weighted by Gasteiger charge is -2.47. The number of methoxy groups -OCH3 is 1. The summed E-state index contributed by atoms with van der Waals surface area (Å²) in [5.74, 6) is 0.906. The molecule has 6 heteroatoms. The molecule has 0 radical (unpaired) electrons. The number of morpholine rings is 1. The molecule has 6 nitrogen and oxygen atoms in total. The van der Waals surface area contributed by atoms with Gasteiger partial charge in [0.15, 0.2) is 0 Å². The number of nitrogens with zero attached hydrogens (tertiary/aromatic N) is 1. The molecule has 1 amide bonds. The number of ketones is 1. The van der Waals surface area contributed by atoms with Crippen molar-refractivity contribution in [2.24, 2.45) is 5.92 Å². The fourth-order valence-corrected chi connectivity index (χ4v) is 3.92. The fraction of sp³-hybridized carbons (Fsp3) is 0.619. The van der Waals surface area contributed by atoms with Crippen LogP contribution >= 0.6 is 0 Å². The first-order valence-electron chi connectivity index (χ1n) is 9.51. The van der Waals surface area contributed by atoms with Gasteiger partial charge < -0.3 is 14.2 Å². The summed E-state index contributed by atoms with van der Waals surface area (Å²) in [4.78, 5) is 27.3. The van der Waals surface area contributed by atoms with E-state index in [9.17, 15) is 9.59 Å². The average molecular weight is 375 g/mol. The SMILES string of the molecule is COc1cccc(CC(=O)C2CC3COCC(C2)N3C(=O)OC(C)(C)C)c1. The monoisotopic (exact) mass is 375 g/mol. The molecule has 148 valence electrons. The van der Waals surface area contributed by atoms with E-state index in [0.717, 1.165) is 11.3 Å². The minimum absolute atomic E-state index is 0.0613. The van der Waals surface area contributed by atoms with Gasteiger partial charge in [0.1, 0.15) is 17.1 Å². The van der Waals surface area contributed by atoms with Crippen LogP contribution in [0, 0.1) is 5.92 Å². The molecule has 2 bridgehead atoms. The molecule has 2 fully saturated rings. The van der Waals surface area contributed by atoms with Crippen molar-refractivity contribution in [2.75, 3.05) is 20.3 Å². The Kier molecular flexibility index (Phi) is 5.75. The molecular weight excluding hydrogens is 346 g/mol. The maximum absolute atomic E-state index is 12.9. The minimum atomic E-state index is -0.536. The van der Waals surface area contributed by atoms with Crippen molar-refractivity contribution in [3.8, 4) is 5.75 Å². The second kappa shape index (κ2) is 7.89. The number of hydrogen-bond acceptors (Lipinski definition) is 5. The summed E-state index contributed by atoms with van der Waals surface area (Å²) in [6.45, 7) is 6.50. The van der Waals surface area contributed by atoms with Gasteiger partial charge in [-0.25, -0.2) is 4.79 Å². The molecule has 0 N–H and O–H groups in total. The van der Waals surface area contributed by atoms with Crippen molar-refractivity contribution in [3.05, 3.63) is 29.8 Å². The molecule has 1 aromatic rings. The predicted octanol–water partition coefficient (Wildman–Crippen LogP) is 3.22. The lowest BCUT2D eigenvalue weighted by atomic mass is 9.81. The van der Waals surface area contributed by atoms with Gasteiger partial charge in [-0.1, -0.05) is 12.1 Å². The van der Waals surface area contributed by atoms with Crippen LogP contribution in [0.1, 0.15) is 39.2 Å². The van der Waals surface area contributed by atoms with Crippen LogP contribution in [0.3, 0.4) is 0 Å². The molecule has 2 unspecified atom stereocenters. The first-order valence-corrected chi connectivity index (χ1v) is 9.51. The Hall–Kier alpha value is -2.08. The van der Waals surface area contributed by atoms with Crippen molar-refractivity contribution in [1.82, 2.24) is 4.90 Å². The van der Waals surface area contributed by atoms with Crippen LogP contribution in [0.5, 0.6) is 5.75 Å². The summed E-state index contributed by atoms with van der Waals surface area (Å²) in [6.07, 6.45) is 1.32. The lowest BCUT2D eigenvalue weighted by molar-refractivity contribution is -0.131. The minimum Gasteiger partial charge on any atom is -0.497 e. The molecule has 0 spiro atoms. The van der Waals surface area contributed by atoms with Gasteiger partial charge in [-0.2, -0.15) is 0 Å². The summed E-state index contributed by atoms with van der Waals surface area (Å²) < 4.78 is 16.4. The number of carbonyl (C=O) groups excluding carboxylic acids is 2. The summed E-state index contributed by atoms with van der Waals surface area (Å²) in [6, 6.07) is 7.40. The van der Waals surface area contributed by atoms with Crippen LogP contribution in [-0.2, 0) is 20.7 Å². The van der Waals surface area contributed by atoms with E-state index in [-0.39, 0.29) is 29.9 Å². The van der Waals surface area contributed by atoms with Crippen LogP contribution in [0.4, 0.5) is 4.79 Å². The zero-order chi connectivity index (χ0) is 19.6. The zero-order valence-electron chi connectivity index (χ0n) is 16.6. The Bertz CT molecular complexity index is 682. The van der Waals surface area contributed by atoms with Crippen LogP contribution in [0.25, 0.3) is 0 Å². The summed E-state index contributed by atoms with van der Waals surface area (Å²) >= 11 is 0. The fourth-order valence-electron chi connectivity index (χ4n) is 3.92. The predicted molar refractivity (Wildman–Crippen MR) is 101 cm³/mol. The van der Waals surface area contributed by atoms with Crippen LogP contribution in [0.2, 0.25) is 0 Å². The molecule has 1 aromatic carbocycles. The number of rotatable bonds is 4. The van der Waals surface area contributed by atoms with Crippen LogP contribution < -0.4 is 4.74 Å². The highest BCUT2D eigenvalue weighted by molar-refractivity contribution is 5.84. The Balaban J connectivity index is 1.66.